The van der Waals surface area contributed by atoms with Crippen LogP contribution >= 0.6 is 15.9 Å². The smallest absolute Gasteiger partial charge is 0.253 e. The zero-order valence-corrected chi connectivity index (χ0v) is 17.5. The number of halogens is 1. The van der Waals surface area contributed by atoms with Crippen molar-refractivity contribution in [1.29, 1.82) is 0 Å². The lowest BCUT2D eigenvalue weighted by Gasteiger charge is -2.35. The van der Waals surface area contributed by atoms with Gasteiger partial charge in [0.1, 0.15) is 6.10 Å². The number of ether oxygens (including phenoxy) is 1. The Hall–Kier alpha value is -2.15. The van der Waals surface area contributed by atoms with Gasteiger partial charge in [0.25, 0.3) is 5.91 Å². The van der Waals surface area contributed by atoms with Crippen molar-refractivity contribution in [2.45, 2.75) is 38.2 Å². The quantitative estimate of drug-likeness (QED) is 0.714. The van der Waals surface area contributed by atoms with Crippen LogP contribution in [0.15, 0.2) is 40.9 Å². The summed E-state index contributed by atoms with van der Waals surface area (Å²) in [6.45, 7) is 2.85. The molecule has 1 aromatic heterocycles. The molecular formula is C21H25BrN4O2. The molecule has 1 aromatic carbocycles. The Morgan fingerprint density at radius 3 is 2.29 bits per heavy atom. The van der Waals surface area contributed by atoms with E-state index in [1.807, 2.05) is 41.3 Å². The molecule has 1 aliphatic heterocycles. The van der Waals surface area contributed by atoms with Crippen molar-refractivity contribution >= 4 is 27.7 Å². The van der Waals surface area contributed by atoms with Crippen LogP contribution in [0.5, 0.6) is 5.88 Å². The van der Waals surface area contributed by atoms with E-state index in [0.717, 1.165) is 41.8 Å². The minimum absolute atomic E-state index is 0.0782. The number of aromatic nitrogens is 2. The summed E-state index contributed by atoms with van der Waals surface area (Å²) in [7, 11) is 0. The number of hydrogen-bond donors (Lipinski definition) is 0. The summed E-state index contributed by atoms with van der Waals surface area (Å²) in [5.74, 6) is 1.53. The lowest BCUT2D eigenvalue weighted by atomic mass is 9.98. The van der Waals surface area contributed by atoms with Gasteiger partial charge in [0.2, 0.25) is 5.88 Å². The Morgan fingerprint density at radius 1 is 0.929 bits per heavy atom. The number of nitrogens with zero attached hydrogens (tertiary/aromatic N) is 4. The van der Waals surface area contributed by atoms with Gasteiger partial charge in [-0.2, -0.15) is 0 Å². The number of carbonyl (C=O) groups excluding carboxylic acids is 1. The van der Waals surface area contributed by atoms with Crippen molar-refractivity contribution in [3.8, 4) is 5.88 Å². The van der Waals surface area contributed by atoms with E-state index in [1.165, 1.54) is 19.3 Å². The zero-order valence-electron chi connectivity index (χ0n) is 15.9. The second-order valence-electron chi connectivity index (χ2n) is 7.39. The van der Waals surface area contributed by atoms with Crippen LogP contribution in [0.1, 0.15) is 42.5 Å². The van der Waals surface area contributed by atoms with Crippen molar-refractivity contribution in [1.82, 2.24) is 15.1 Å². The minimum Gasteiger partial charge on any atom is -0.473 e. The van der Waals surface area contributed by atoms with Crippen LogP contribution in [-0.2, 0) is 0 Å². The van der Waals surface area contributed by atoms with Crippen molar-refractivity contribution in [2.75, 3.05) is 31.1 Å². The second-order valence-corrected chi connectivity index (χ2v) is 8.31. The van der Waals surface area contributed by atoms with Gasteiger partial charge in [-0.25, -0.2) is 0 Å². The maximum absolute atomic E-state index is 12.6. The van der Waals surface area contributed by atoms with E-state index >= 15 is 0 Å². The summed E-state index contributed by atoms with van der Waals surface area (Å²) in [6, 6.07) is 11.4. The number of hydrogen-bond acceptors (Lipinski definition) is 5. The summed E-state index contributed by atoms with van der Waals surface area (Å²) in [4.78, 5) is 16.7. The molecule has 1 aliphatic carbocycles. The number of amides is 1. The van der Waals surface area contributed by atoms with Crippen LogP contribution in [0.4, 0.5) is 5.82 Å². The Bertz CT molecular complexity index is 783. The molecule has 7 heteroatoms. The van der Waals surface area contributed by atoms with Gasteiger partial charge < -0.3 is 14.5 Å². The normalized spacial score (nSPS) is 18.2. The first kappa shape index (κ1) is 19.2. The van der Waals surface area contributed by atoms with Crippen molar-refractivity contribution in [3.63, 3.8) is 0 Å². The maximum atomic E-state index is 12.6. The number of piperazine rings is 1. The van der Waals surface area contributed by atoms with Gasteiger partial charge in [-0.05, 0) is 56.0 Å². The molecule has 2 fully saturated rings. The summed E-state index contributed by atoms with van der Waals surface area (Å²) >= 11 is 3.40. The Labute approximate surface area is 174 Å². The summed E-state index contributed by atoms with van der Waals surface area (Å²) in [5.41, 5.74) is 0.723. The Balaban J connectivity index is 1.30. The first-order chi connectivity index (χ1) is 13.7. The summed E-state index contributed by atoms with van der Waals surface area (Å²) < 4.78 is 6.93. The SMILES string of the molecule is O=C(c1ccc(Br)cc1)N1CCN(c2ccc(OC3CCCCC3)nn2)CC1. The van der Waals surface area contributed by atoms with Gasteiger partial charge in [0.15, 0.2) is 5.82 Å². The topological polar surface area (TPSA) is 58.6 Å². The van der Waals surface area contributed by atoms with Gasteiger partial charge in [0.05, 0.1) is 0 Å². The number of rotatable bonds is 4. The highest BCUT2D eigenvalue weighted by Crippen LogP contribution is 2.23. The highest BCUT2D eigenvalue weighted by atomic mass is 79.9. The predicted molar refractivity (Wildman–Crippen MR) is 112 cm³/mol. The van der Waals surface area contributed by atoms with Crippen LogP contribution < -0.4 is 9.64 Å². The fourth-order valence-electron chi connectivity index (χ4n) is 3.81. The Kier molecular flexibility index (Phi) is 6.10. The highest BCUT2D eigenvalue weighted by Gasteiger charge is 2.23. The summed E-state index contributed by atoms with van der Waals surface area (Å²) in [5, 5.41) is 8.61. The van der Waals surface area contributed by atoms with E-state index in [9.17, 15) is 4.79 Å². The van der Waals surface area contributed by atoms with Crippen LogP contribution in [0.3, 0.4) is 0 Å². The second kappa shape index (κ2) is 8.90. The molecule has 1 saturated heterocycles. The molecule has 0 bridgehead atoms. The monoisotopic (exact) mass is 444 g/mol. The summed E-state index contributed by atoms with van der Waals surface area (Å²) in [6.07, 6.45) is 6.27. The third-order valence-corrected chi connectivity index (χ3v) is 5.98. The van der Waals surface area contributed by atoms with Crippen molar-refractivity contribution in [2.24, 2.45) is 0 Å². The van der Waals surface area contributed by atoms with E-state index in [4.69, 9.17) is 4.74 Å². The van der Waals surface area contributed by atoms with E-state index in [1.54, 1.807) is 0 Å². The van der Waals surface area contributed by atoms with Gasteiger partial charge in [-0.1, -0.05) is 22.4 Å². The zero-order chi connectivity index (χ0) is 19.3. The number of carbonyl (C=O) groups is 1. The van der Waals surface area contributed by atoms with E-state index in [2.05, 4.69) is 31.0 Å². The van der Waals surface area contributed by atoms with E-state index in [-0.39, 0.29) is 12.0 Å². The molecule has 0 radical (unpaired) electrons. The first-order valence-corrected chi connectivity index (χ1v) is 10.8. The predicted octanol–water partition coefficient (Wildman–Crippen LogP) is 3.91. The molecule has 0 N–H and O–H groups in total. The lowest BCUT2D eigenvalue weighted by molar-refractivity contribution is 0.0746. The van der Waals surface area contributed by atoms with Gasteiger partial charge in [-0.15, -0.1) is 10.2 Å². The first-order valence-electron chi connectivity index (χ1n) is 9.99. The molecule has 0 unspecified atom stereocenters. The molecule has 1 saturated carbocycles. The molecule has 0 atom stereocenters. The third-order valence-electron chi connectivity index (χ3n) is 5.45. The molecule has 2 aliphatic rings. The molecule has 0 spiro atoms. The van der Waals surface area contributed by atoms with E-state index in [0.29, 0.717) is 19.0 Å². The largest absolute Gasteiger partial charge is 0.473 e. The molecule has 2 aromatic rings. The van der Waals surface area contributed by atoms with Gasteiger partial charge >= 0.3 is 0 Å². The molecule has 6 nitrogen and oxygen atoms in total. The highest BCUT2D eigenvalue weighted by molar-refractivity contribution is 9.10. The van der Waals surface area contributed by atoms with Gasteiger partial charge in [0, 0.05) is 42.3 Å². The minimum atomic E-state index is 0.0782. The van der Waals surface area contributed by atoms with Gasteiger partial charge in [-0.3, -0.25) is 4.79 Å². The van der Waals surface area contributed by atoms with Crippen LogP contribution in [0, 0.1) is 0 Å². The van der Waals surface area contributed by atoms with Crippen molar-refractivity contribution < 1.29 is 9.53 Å². The number of benzene rings is 1. The van der Waals surface area contributed by atoms with Crippen molar-refractivity contribution in [3.05, 3.63) is 46.4 Å². The number of anilines is 1. The average Bonchev–Trinajstić information content (AvgIpc) is 2.75. The molecule has 2 heterocycles. The van der Waals surface area contributed by atoms with Crippen LogP contribution in [0.2, 0.25) is 0 Å². The fourth-order valence-corrected chi connectivity index (χ4v) is 4.08. The third kappa shape index (κ3) is 4.63. The average molecular weight is 445 g/mol. The molecular weight excluding hydrogens is 420 g/mol. The molecule has 148 valence electrons. The van der Waals surface area contributed by atoms with Crippen LogP contribution in [-0.4, -0.2) is 53.3 Å². The molecule has 1 amide bonds. The molecule has 28 heavy (non-hydrogen) atoms. The molecule has 4 rings (SSSR count). The van der Waals surface area contributed by atoms with Crippen LogP contribution in [0.25, 0.3) is 0 Å². The fraction of sp³-hybridized carbons (Fsp3) is 0.476. The standard InChI is InChI=1S/C21H25BrN4O2/c22-17-8-6-16(7-9-17)21(27)26-14-12-25(13-15-26)19-10-11-20(24-23-19)28-18-4-2-1-3-5-18/h6-11,18H,1-5,12-15H2. The van der Waals surface area contributed by atoms with E-state index < -0.39 is 0 Å². The maximum Gasteiger partial charge on any atom is 0.253 e. The Morgan fingerprint density at radius 2 is 1.64 bits per heavy atom. The lowest BCUT2D eigenvalue weighted by Crippen LogP contribution is -2.49.